The lowest BCUT2D eigenvalue weighted by Gasteiger charge is -2.39. The Morgan fingerprint density at radius 1 is 1.35 bits per heavy atom. The predicted octanol–water partition coefficient (Wildman–Crippen LogP) is 3.64. The minimum Gasteiger partial charge on any atom is -0.409 e. The van der Waals surface area contributed by atoms with E-state index in [1.54, 1.807) is 19.2 Å². The van der Waals surface area contributed by atoms with Crippen molar-refractivity contribution in [3.05, 3.63) is 24.0 Å². The van der Waals surface area contributed by atoms with E-state index < -0.39 is 14.4 Å². The van der Waals surface area contributed by atoms with Crippen molar-refractivity contribution in [3.63, 3.8) is 0 Å². The SMILES string of the molecule is COCCC(O[Si](C)(C)C(C)(C)C)c1ccc(OC(N)=O)cn1. The van der Waals surface area contributed by atoms with Gasteiger partial charge < -0.3 is 19.6 Å². The Balaban J connectivity index is 2.95. The van der Waals surface area contributed by atoms with Gasteiger partial charge in [-0.15, -0.1) is 0 Å². The first-order valence-electron chi connectivity index (χ1n) is 7.67. The van der Waals surface area contributed by atoms with Gasteiger partial charge in [0.05, 0.1) is 18.0 Å². The highest BCUT2D eigenvalue weighted by molar-refractivity contribution is 6.74. The summed E-state index contributed by atoms with van der Waals surface area (Å²) in [5.41, 5.74) is 5.79. The quantitative estimate of drug-likeness (QED) is 0.766. The maximum absolute atomic E-state index is 10.8. The molecule has 0 aliphatic carbocycles. The highest BCUT2D eigenvalue weighted by Crippen LogP contribution is 2.40. The van der Waals surface area contributed by atoms with Crippen LogP contribution in [0.15, 0.2) is 18.3 Å². The zero-order valence-electron chi connectivity index (χ0n) is 14.9. The van der Waals surface area contributed by atoms with E-state index in [0.29, 0.717) is 18.8 Å². The first-order valence-corrected chi connectivity index (χ1v) is 10.6. The van der Waals surface area contributed by atoms with Gasteiger partial charge in [-0.05, 0) is 30.3 Å². The van der Waals surface area contributed by atoms with Crippen LogP contribution in [0.4, 0.5) is 4.79 Å². The van der Waals surface area contributed by atoms with E-state index in [1.807, 2.05) is 0 Å². The highest BCUT2D eigenvalue weighted by Gasteiger charge is 2.39. The topological polar surface area (TPSA) is 83.7 Å². The zero-order chi connectivity index (χ0) is 17.7. The summed E-state index contributed by atoms with van der Waals surface area (Å²) in [4.78, 5) is 15.1. The third-order valence-electron chi connectivity index (χ3n) is 4.13. The fourth-order valence-electron chi connectivity index (χ4n) is 1.78. The van der Waals surface area contributed by atoms with Crippen LogP contribution in [0.5, 0.6) is 5.75 Å². The Hall–Kier alpha value is -1.44. The molecule has 1 aromatic rings. The third kappa shape index (κ3) is 5.93. The number of ether oxygens (including phenoxy) is 2. The highest BCUT2D eigenvalue weighted by atomic mass is 28.4. The normalized spacial score (nSPS) is 13.7. The molecule has 2 N–H and O–H groups in total. The van der Waals surface area contributed by atoms with Crippen molar-refractivity contribution in [2.75, 3.05) is 13.7 Å². The first-order chi connectivity index (χ1) is 10.6. The van der Waals surface area contributed by atoms with E-state index in [-0.39, 0.29) is 11.1 Å². The molecular weight excluding hydrogens is 312 g/mol. The number of primary amides is 1. The van der Waals surface area contributed by atoms with E-state index in [0.717, 1.165) is 5.69 Å². The largest absolute Gasteiger partial charge is 0.410 e. The van der Waals surface area contributed by atoms with E-state index in [1.165, 1.54) is 6.20 Å². The van der Waals surface area contributed by atoms with E-state index in [9.17, 15) is 4.79 Å². The molecule has 0 saturated carbocycles. The number of methoxy groups -OCH3 is 1. The standard InChI is InChI=1S/C16H28N2O4Si/c1-16(2,3)23(5,6)22-14(9-10-20-4)13-8-7-12(11-18-13)21-15(17)19/h7-8,11,14H,9-10H2,1-6H3,(H2,17,19). The van der Waals surface area contributed by atoms with Crippen LogP contribution in [0, 0.1) is 0 Å². The summed E-state index contributed by atoms with van der Waals surface area (Å²) in [5.74, 6) is 0.319. The molecule has 7 heteroatoms. The summed E-state index contributed by atoms with van der Waals surface area (Å²) in [6, 6.07) is 3.47. The van der Waals surface area contributed by atoms with Crippen LogP contribution < -0.4 is 10.5 Å². The number of nitrogens with zero attached hydrogens (tertiary/aromatic N) is 1. The van der Waals surface area contributed by atoms with Crippen molar-refractivity contribution < 1.29 is 18.7 Å². The van der Waals surface area contributed by atoms with Crippen molar-refractivity contribution in [1.82, 2.24) is 4.98 Å². The van der Waals surface area contributed by atoms with Crippen LogP contribution in [0.3, 0.4) is 0 Å². The Labute approximate surface area is 139 Å². The average molecular weight is 340 g/mol. The molecule has 0 radical (unpaired) electrons. The molecule has 0 fully saturated rings. The van der Waals surface area contributed by atoms with Gasteiger partial charge in [0.25, 0.3) is 0 Å². The monoisotopic (exact) mass is 340 g/mol. The molecule has 0 aromatic carbocycles. The molecule has 0 spiro atoms. The number of amides is 1. The molecule has 1 unspecified atom stereocenters. The molecule has 6 nitrogen and oxygen atoms in total. The van der Waals surface area contributed by atoms with E-state index >= 15 is 0 Å². The fourth-order valence-corrected chi connectivity index (χ4v) is 3.09. The van der Waals surface area contributed by atoms with Crippen LogP contribution in [0.25, 0.3) is 0 Å². The number of hydrogen-bond donors (Lipinski definition) is 1. The van der Waals surface area contributed by atoms with Crippen molar-refractivity contribution in [2.45, 2.75) is 51.4 Å². The Bertz CT molecular complexity index is 512. The summed E-state index contributed by atoms with van der Waals surface area (Å²) in [6.07, 6.45) is 1.19. The number of rotatable bonds is 7. The molecule has 0 bridgehead atoms. The molecular formula is C16H28N2O4Si. The summed E-state index contributed by atoms with van der Waals surface area (Å²) < 4.78 is 16.5. The molecule has 0 saturated heterocycles. The zero-order valence-corrected chi connectivity index (χ0v) is 15.9. The number of pyridine rings is 1. The van der Waals surface area contributed by atoms with Gasteiger partial charge in [0.15, 0.2) is 14.1 Å². The van der Waals surface area contributed by atoms with Gasteiger partial charge >= 0.3 is 6.09 Å². The minimum atomic E-state index is -1.94. The number of carbonyl (C=O) groups is 1. The lowest BCUT2D eigenvalue weighted by molar-refractivity contribution is 0.113. The molecule has 23 heavy (non-hydrogen) atoms. The van der Waals surface area contributed by atoms with Crippen molar-refractivity contribution in [3.8, 4) is 5.75 Å². The first kappa shape index (κ1) is 19.6. The molecule has 1 atom stereocenters. The van der Waals surface area contributed by atoms with Crippen LogP contribution >= 0.6 is 0 Å². The smallest absolute Gasteiger partial charge is 0.409 e. The van der Waals surface area contributed by atoms with Gasteiger partial charge in [-0.25, -0.2) is 4.79 Å². The summed E-state index contributed by atoms with van der Waals surface area (Å²) >= 11 is 0. The number of hydrogen-bond acceptors (Lipinski definition) is 5. The molecule has 1 amide bonds. The van der Waals surface area contributed by atoms with Crippen LogP contribution in [0.1, 0.15) is 39.0 Å². The maximum Gasteiger partial charge on any atom is 0.410 e. The van der Waals surface area contributed by atoms with Gasteiger partial charge in [0.1, 0.15) is 0 Å². The second-order valence-corrected chi connectivity index (χ2v) is 11.7. The van der Waals surface area contributed by atoms with E-state index in [4.69, 9.17) is 19.6 Å². The molecule has 0 aliphatic heterocycles. The lowest BCUT2D eigenvalue weighted by atomic mass is 10.2. The van der Waals surface area contributed by atoms with Gasteiger partial charge in [-0.1, -0.05) is 20.8 Å². The van der Waals surface area contributed by atoms with Gasteiger partial charge in [-0.2, -0.15) is 0 Å². The Morgan fingerprint density at radius 2 is 2.00 bits per heavy atom. The Morgan fingerprint density at radius 3 is 2.43 bits per heavy atom. The van der Waals surface area contributed by atoms with Crippen LogP contribution in [-0.4, -0.2) is 33.1 Å². The van der Waals surface area contributed by atoms with Crippen LogP contribution in [-0.2, 0) is 9.16 Å². The molecule has 130 valence electrons. The van der Waals surface area contributed by atoms with Gasteiger partial charge in [0.2, 0.25) is 0 Å². The Kier molecular flexibility index (Phi) is 6.73. The lowest BCUT2D eigenvalue weighted by Crippen LogP contribution is -2.42. The maximum atomic E-state index is 10.8. The van der Waals surface area contributed by atoms with Crippen LogP contribution in [0.2, 0.25) is 18.1 Å². The number of nitrogens with two attached hydrogens (primary N) is 1. The van der Waals surface area contributed by atoms with Gasteiger partial charge in [0, 0.05) is 20.1 Å². The number of aromatic nitrogens is 1. The second kappa shape index (κ2) is 7.90. The number of carbonyl (C=O) groups excluding carboxylic acids is 1. The van der Waals surface area contributed by atoms with Crippen molar-refractivity contribution in [1.29, 1.82) is 0 Å². The summed E-state index contributed by atoms with van der Waals surface area (Å²) in [6.45, 7) is 11.6. The molecule has 1 aromatic heterocycles. The average Bonchev–Trinajstić information content (AvgIpc) is 2.42. The molecule has 0 aliphatic rings. The minimum absolute atomic E-state index is 0.105. The summed E-state index contributed by atoms with van der Waals surface area (Å²) in [5, 5.41) is 0.105. The van der Waals surface area contributed by atoms with Crippen molar-refractivity contribution >= 4 is 14.4 Å². The van der Waals surface area contributed by atoms with Crippen molar-refractivity contribution in [2.24, 2.45) is 5.73 Å². The molecule has 1 rings (SSSR count). The van der Waals surface area contributed by atoms with Gasteiger partial charge in [-0.3, -0.25) is 4.98 Å². The predicted molar refractivity (Wildman–Crippen MR) is 92.0 cm³/mol. The summed E-state index contributed by atoms with van der Waals surface area (Å²) in [7, 11) is -0.274. The fraction of sp³-hybridized carbons (Fsp3) is 0.625. The third-order valence-corrected chi connectivity index (χ3v) is 8.62. The van der Waals surface area contributed by atoms with E-state index in [2.05, 4.69) is 38.8 Å². The molecule has 1 heterocycles. The second-order valence-electron chi connectivity index (χ2n) is 6.99.